The Morgan fingerprint density at radius 1 is 0.724 bits per heavy atom. The fraction of sp³-hybridized carbons (Fsp3) is 0.579. The summed E-state index contributed by atoms with van der Waals surface area (Å²) in [7, 11) is 0. The van der Waals surface area contributed by atoms with E-state index in [2.05, 4.69) is 33.8 Å². The summed E-state index contributed by atoms with van der Waals surface area (Å²) in [5.74, 6) is 2.96. The van der Waals surface area contributed by atoms with Crippen molar-refractivity contribution in [3.8, 4) is 0 Å². The van der Waals surface area contributed by atoms with Crippen molar-refractivity contribution in [3.63, 3.8) is 0 Å². The molecule has 0 unspecified atom stereocenters. The number of hydrogen-bond donors (Lipinski definition) is 0. The van der Waals surface area contributed by atoms with Gasteiger partial charge in [-0.3, -0.25) is 0 Å². The second-order valence-electron chi connectivity index (χ2n) is 8.61. The number of nitrogens with zero attached hydrogens (tertiary/aromatic N) is 1. The second-order valence-corrected chi connectivity index (χ2v) is 18.8. The molecule has 157 valence electrons. The fourth-order valence-corrected chi connectivity index (χ4v) is 16.9. The molecule has 5 aliphatic rings. The summed E-state index contributed by atoms with van der Waals surface area (Å²) >= 11 is 15.8. The van der Waals surface area contributed by atoms with Crippen LogP contribution < -0.4 is 0 Å². The molecule has 0 saturated carbocycles. The lowest BCUT2D eigenvalue weighted by Crippen LogP contribution is -2.57. The molecule has 0 aromatic carbocycles. The molecule has 0 atom stereocenters. The summed E-state index contributed by atoms with van der Waals surface area (Å²) in [6, 6.07) is 0. The summed E-state index contributed by atoms with van der Waals surface area (Å²) in [4.78, 5) is 0. The van der Waals surface area contributed by atoms with E-state index < -0.39 is 0 Å². The van der Waals surface area contributed by atoms with E-state index in [0.717, 1.165) is 12.8 Å². The van der Waals surface area contributed by atoms with E-state index in [1.165, 1.54) is 46.2 Å². The summed E-state index contributed by atoms with van der Waals surface area (Å²) in [5, 5.41) is 13.9. The molecule has 0 aromatic rings. The van der Waals surface area contributed by atoms with Crippen LogP contribution in [-0.4, -0.2) is 27.6 Å². The van der Waals surface area contributed by atoms with Crippen LogP contribution in [0.15, 0.2) is 35.7 Å². The van der Waals surface area contributed by atoms with Gasteiger partial charge in [-0.25, -0.2) is 0 Å². The number of thioether (sulfide) groups is 8. The van der Waals surface area contributed by atoms with Gasteiger partial charge in [0.05, 0.1) is 25.4 Å². The molecule has 0 amide bonds. The third-order valence-corrected chi connectivity index (χ3v) is 17.0. The molecule has 0 N–H and O–H groups in total. The Kier molecular flexibility index (Phi) is 6.56. The lowest BCUT2D eigenvalue weighted by molar-refractivity contribution is -0.291. The minimum absolute atomic E-state index is 0.298. The maximum Gasteiger partial charge on any atom is 0.0718 e. The molecule has 5 aliphatic heterocycles. The monoisotopic (exact) mass is 536 g/mol. The number of hydrogen-bond acceptors (Lipinski definition) is 9. The first-order valence-corrected chi connectivity index (χ1v) is 16.3. The van der Waals surface area contributed by atoms with Crippen LogP contribution >= 0.6 is 94.1 Å². The van der Waals surface area contributed by atoms with Crippen molar-refractivity contribution in [2.75, 3.05) is 11.5 Å². The van der Waals surface area contributed by atoms with Crippen molar-refractivity contribution in [1.29, 1.82) is 0 Å². The van der Waals surface area contributed by atoms with E-state index in [1.807, 2.05) is 94.1 Å². The van der Waals surface area contributed by atoms with Crippen molar-refractivity contribution < 1.29 is 5.21 Å². The number of piperidine rings is 1. The third-order valence-electron chi connectivity index (χ3n) is 5.17. The van der Waals surface area contributed by atoms with Crippen LogP contribution in [0, 0.1) is 5.92 Å². The van der Waals surface area contributed by atoms with E-state index in [9.17, 15) is 5.21 Å². The molecule has 1 saturated heterocycles. The van der Waals surface area contributed by atoms with Gasteiger partial charge in [0.15, 0.2) is 0 Å². The van der Waals surface area contributed by atoms with Gasteiger partial charge in [-0.1, -0.05) is 76.6 Å². The lowest BCUT2D eigenvalue weighted by Gasteiger charge is -2.49. The molecular weight excluding hydrogens is 515 g/mol. The van der Waals surface area contributed by atoms with Crippen LogP contribution in [0.2, 0.25) is 0 Å². The molecule has 29 heavy (non-hydrogen) atoms. The average Bonchev–Trinajstić information content (AvgIpc) is 3.30. The molecule has 0 spiro atoms. The zero-order valence-electron chi connectivity index (χ0n) is 16.6. The SMILES string of the molecule is CC1(C)CC(C=C2SC3=C(S2)SC(=C2SC4=C(SCCS4)S2)S3)CC(C)(C)N1[O]. The summed E-state index contributed by atoms with van der Waals surface area (Å²) in [6.07, 6.45) is 4.32. The maximum absolute atomic E-state index is 12.6. The first-order chi connectivity index (χ1) is 13.7. The Morgan fingerprint density at radius 2 is 1.14 bits per heavy atom. The summed E-state index contributed by atoms with van der Waals surface area (Å²) in [5.41, 5.74) is -0.596. The van der Waals surface area contributed by atoms with Gasteiger partial charge in [-0.15, -0.1) is 33.8 Å². The van der Waals surface area contributed by atoms with E-state index in [-0.39, 0.29) is 11.1 Å². The van der Waals surface area contributed by atoms with Gasteiger partial charge < -0.3 is 0 Å². The van der Waals surface area contributed by atoms with Crippen molar-refractivity contribution in [1.82, 2.24) is 5.06 Å². The zero-order chi connectivity index (χ0) is 20.4. The Bertz CT molecular complexity index is 811. The third kappa shape index (κ3) is 4.55. The molecule has 0 aromatic heterocycles. The average molecular weight is 537 g/mol. The largest absolute Gasteiger partial charge is 0.144 e. The Hall–Kier alpha value is 1.68. The summed E-state index contributed by atoms with van der Waals surface area (Å²) in [6.45, 7) is 8.35. The van der Waals surface area contributed by atoms with Crippen LogP contribution in [0.5, 0.6) is 0 Å². The molecule has 1 fully saturated rings. The van der Waals surface area contributed by atoms with Gasteiger partial charge in [0, 0.05) is 26.8 Å². The van der Waals surface area contributed by atoms with E-state index in [0.29, 0.717) is 5.92 Å². The predicted molar refractivity (Wildman–Crippen MR) is 143 cm³/mol. The topological polar surface area (TPSA) is 23.1 Å². The second kappa shape index (κ2) is 8.47. The van der Waals surface area contributed by atoms with Gasteiger partial charge in [0.2, 0.25) is 0 Å². The minimum atomic E-state index is -0.298. The highest BCUT2D eigenvalue weighted by atomic mass is 32.3. The number of allylic oxidation sites excluding steroid dienone is 1. The molecule has 0 bridgehead atoms. The van der Waals surface area contributed by atoms with Gasteiger partial charge in [0.1, 0.15) is 0 Å². The highest BCUT2D eigenvalue weighted by Crippen LogP contribution is 2.71. The molecule has 5 heterocycles. The molecule has 2 nitrogen and oxygen atoms in total. The smallest absolute Gasteiger partial charge is 0.0718 e. The van der Waals surface area contributed by atoms with Gasteiger partial charge in [-0.2, -0.15) is 0 Å². The maximum atomic E-state index is 12.6. The molecule has 5 rings (SSSR count). The Morgan fingerprint density at radius 3 is 1.62 bits per heavy atom. The van der Waals surface area contributed by atoms with Crippen molar-refractivity contribution in [3.05, 3.63) is 35.7 Å². The quantitative estimate of drug-likeness (QED) is 0.325. The van der Waals surface area contributed by atoms with Gasteiger partial charge >= 0.3 is 0 Å². The van der Waals surface area contributed by atoms with Gasteiger partial charge in [0.25, 0.3) is 0 Å². The van der Waals surface area contributed by atoms with Crippen molar-refractivity contribution in [2.24, 2.45) is 5.92 Å². The normalized spacial score (nSPS) is 29.8. The highest BCUT2D eigenvalue weighted by molar-refractivity contribution is 8.49. The minimum Gasteiger partial charge on any atom is -0.144 e. The number of rotatable bonds is 1. The van der Waals surface area contributed by atoms with E-state index >= 15 is 0 Å². The van der Waals surface area contributed by atoms with Gasteiger partial charge in [-0.05, 0) is 46.5 Å². The summed E-state index contributed by atoms with van der Waals surface area (Å²) < 4.78 is 10.3. The van der Waals surface area contributed by atoms with Crippen molar-refractivity contribution in [2.45, 2.75) is 51.6 Å². The molecular formula is C19H22NOS8. The van der Waals surface area contributed by atoms with Crippen LogP contribution in [0.4, 0.5) is 0 Å². The Labute approximate surface area is 207 Å². The highest BCUT2D eigenvalue weighted by Gasteiger charge is 2.46. The van der Waals surface area contributed by atoms with Crippen LogP contribution in [0.3, 0.4) is 0 Å². The van der Waals surface area contributed by atoms with Crippen molar-refractivity contribution >= 4 is 94.1 Å². The standard InChI is InChI=1S/C19H22NOS8/c1-18(2)8-10(9-19(3,4)20(18)21)7-11-24-14-15(25-11)29-17(28-14)16-26-12-13(27-16)23-6-5-22-12/h7,10H,5-6,8-9H2,1-4H3. The van der Waals surface area contributed by atoms with Crippen LogP contribution in [-0.2, 0) is 5.21 Å². The molecule has 0 aliphatic carbocycles. The number of hydroxylamine groups is 2. The van der Waals surface area contributed by atoms with Crippen LogP contribution in [0.25, 0.3) is 0 Å². The first kappa shape index (κ1) is 22.5. The van der Waals surface area contributed by atoms with E-state index in [1.54, 1.807) is 0 Å². The van der Waals surface area contributed by atoms with Crippen LogP contribution in [0.1, 0.15) is 40.5 Å². The lowest BCUT2D eigenvalue weighted by atomic mass is 9.75. The molecule has 1 radical (unpaired) electrons. The van der Waals surface area contributed by atoms with E-state index in [4.69, 9.17) is 0 Å². The molecule has 10 heteroatoms. The first-order valence-electron chi connectivity index (χ1n) is 9.46. The predicted octanol–water partition coefficient (Wildman–Crippen LogP) is 8.74. The fourth-order valence-electron chi connectivity index (χ4n) is 4.20. The Balaban J connectivity index is 1.24. The zero-order valence-corrected chi connectivity index (χ0v) is 23.1.